The van der Waals surface area contributed by atoms with E-state index in [-0.39, 0.29) is 31.4 Å². The van der Waals surface area contributed by atoms with Crippen LogP contribution in [0.5, 0.6) is 0 Å². The average Bonchev–Trinajstić information content (AvgIpc) is 0.859. The normalized spacial score (nSPS) is 20.4. The lowest BCUT2D eigenvalue weighted by molar-refractivity contribution is -0.0573. The maximum absolute atomic E-state index is 12.2. The fourth-order valence-electron chi connectivity index (χ4n) is 14.5. The molecule has 0 saturated carbocycles. The van der Waals surface area contributed by atoms with Gasteiger partial charge in [-0.3, -0.25) is 23.8 Å². The van der Waals surface area contributed by atoms with Gasteiger partial charge in [-0.2, -0.15) is 21.6 Å². The van der Waals surface area contributed by atoms with Crippen molar-refractivity contribution in [2.75, 3.05) is 124 Å². The van der Waals surface area contributed by atoms with Crippen molar-refractivity contribution in [1.29, 1.82) is 0 Å². The van der Waals surface area contributed by atoms with Crippen LogP contribution in [0.15, 0.2) is 60.7 Å². The number of nitrogens with zero attached hydrogens (tertiary/aromatic N) is 7. The predicted molar refractivity (Wildman–Crippen MR) is 383 cm³/mol. The van der Waals surface area contributed by atoms with E-state index in [2.05, 4.69) is 80.0 Å². The molecule has 27 heteroatoms. The number of benzene rings is 2. The van der Waals surface area contributed by atoms with E-state index in [1.54, 1.807) is 4.90 Å². The Balaban J connectivity index is 0.000000207. The molecule has 8 saturated heterocycles. The van der Waals surface area contributed by atoms with Crippen molar-refractivity contribution in [3.8, 4) is 0 Å². The molecule has 8 heterocycles. The Bertz CT molecular complexity index is 2720. The molecule has 10 rings (SSSR count). The highest BCUT2D eigenvalue weighted by atomic mass is 32.2. The van der Waals surface area contributed by atoms with E-state index in [9.17, 15) is 62.3 Å². The fourth-order valence-corrected chi connectivity index (χ4v) is 14.9. The van der Waals surface area contributed by atoms with Gasteiger partial charge in [-0.1, -0.05) is 60.7 Å². The van der Waals surface area contributed by atoms with Crippen molar-refractivity contribution in [1.82, 2.24) is 39.6 Å². The molecule has 0 atom stereocenters. The molecule has 0 bridgehead atoms. The van der Waals surface area contributed by atoms with Crippen LogP contribution in [0.2, 0.25) is 0 Å². The molecule has 8 aliphatic rings. The number of rotatable bonds is 23. The van der Waals surface area contributed by atoms with E-state index in [1.807, 2.05) is 81.9 Å². The van der Waals surface area contributed by atoms with Gasteiger partial charge in [-0.15, -0.1) is 0 Å². The minimum atomic E-state index is -5.87. The van der Waals surface area contributed by atoms with E-state index < -0.39 is 58.3 Å². The Hall–Kier alpha value is -4.67. The first kappa shape index (κ1) is 87.2. The third kappa shape index (κ3) is 34.8. The van der Waals surface area contributed by atoms with Gasteiger partial charge in [-0.25, -0.2) is 40.7 Å². The average molecular weight is 1500 g/mol. The van der Waals surface area contributed by atoms with Gasteiger partial charge in [0.2, 0.25) is 0 Å². The highest BCUT2D eigenvalue weighted by molar-refractivity contribution is 7.87. The Labute approximate surface area is 609 Å². The highest BCUT2D eigenvalue weighted by Crippen LogP contribution is 2.34. The molecule has 103 heavy (non-hydrogen) atoms. The molecule has 0 unspecified atom stereocenters. The molecule has 590 valence electrons. The summed E-state index contributed by atoms with van der Waals surface area (Å²) in [5.74, 6) is 6.08. The zero-order valence-electron chi connectivity index (χ0n) is 62.9. The Morgan fingerprint density at radius 3 is 0.922 bits per heavy atom. The van der Waals surface area contributed by atoms with Crippen LogP contribution in [-0.4, -0.2) is 227 Å². The summed E-state index contributed by atoms with van der Waals surface area (Å²) >= 11 is 0. The molecule has 8 aliphatic heterocycles. The molecule has 0 spiro atoms. The molecule has 8 fully saturated rings. The number of hydrogen-bond donors (Lipinski definition) is 1. The van der Waals surface area contributed by atoms with Crippen molar-refractivity contribution < 1.29 is 80.7 Å². The van der Waals surface area contributed by atoms with Crippen LogP contribution in [0.1, 0.15) is 176 Å². The molecule has 2 aromatic rings. The van der Waals surface area contributed by atoms with Crippen LogP contribution in [0.4, 0.5) is 53.9 Å². The van der Waals surface area contributed by atoms with Crippen molar-refractivity contribution in [2.45, 2.75) is 220 Å². The molecule has 0 radical (unpaired) electrons. The van der Waals surface area contributed by atoms with Gasteiger partial charge in [-0.05, 0) is 237 Å². The Morgan fingerprint density at radius 1 is 0.408 bits per heavy atom. The SMILES string of the molecule is CC(C)(C)OC(=O)N1CCC(CCC2CN(CC(F)F)C2)CC1.CC(C)(C)OC(=O)N1CCC(CCC2CN(Cc3ccccc3)C2)CC1.CC(C)(C)OC(=O)N1CCC(CCC2CN(Cc3ccccc3)C2)CC1.FC(F)CN1CC(CCC2CCNCC2)C1.O=S(=O)(OCC(F)F)C(F)(F)F. The topological polar surface area (TPSA) is 157 Å². The van der Waals surface area contributed by atoms with E-state index in [0.717, 1.165) is 173 Å². The van der Waals surface area contributed by atoms with Crippen LogP contribution < -0.4 is 5.32 Å². The van der Waals surface area contributed by atoms with Gasteiger partial charge in [0.1, 0.15) is 23.4 Å². The number of likely N-dealkylation sites (tertiary alicyclic amines) is 7. The van der Waals surface area contributed by atoms with Crippen molar-refractivity contribution in [3.63, 3.8) is 0 Å². The maximum atomic E-state index is 12.2. The minimum Gasteiger partial charge on any atom is -0.444 e. The Morgan fingerprint density at radius 2 is 0.670 bits per heavy atom. The summed E-state index contributed by atoms with van der Waals surface area (Å²) in [6, 6.07) is 21.5. The number of piperidine rings is 4. The van der Waals surface area contributed by atoms with Crippen LogP contribution in [0, 0.1) is 47.3 Å². The second-order valence-electron chi connectivity index (χ2n) is 32.9. The largest absolute Gasteiger partial charge is 0.523 e. The summed E-state index contributed by atoms with van der Waals surface area (Å²) in [6.45, 7) is 33.2. The monoisotopic (exact) mass is 1490 g/mol. The third-order valence-corrected chi connectivity index (χ3v) is 21.3. The first-order valence-corrected chi connectivity index (χ1v) is 39.2. The van der Waals surface area contributed by atoms with Crippen molar-refractivity contribution in [3.05, 3.63) is 71.8 Å². The van der Waals surface area contributed by atoms with Gasteiger partial charge in [0, 0.05) is 105 Å². The molecular weight excluding hydrogens is 1370 g/mol. The lowest BCUT2D eigenvalue weighted by Crippen LogP contribution is -2.48. The summed E-state index contributed by atoms with van der Waals surface area (Å²) in [6.07, 6.45) is 11.1. The zero-order chi connectivity index (χ0) is 75.5. The van der Waals surface area contributed by atoms with Crippen molar-refractivity contribution in [2.24, 2.45) is 47.3 Å². The van der Waals surface area contributed by atoms with Crippen molar-refractivity contribution >= 4 is 28.4 Å². The van der Waals surface area contributed by atoms with Crippen LogP contribution in [0.3, 0.4) is 0 Å². The van der Waals surface area contributed by atoms with Gasteiger partial charge in [0.25, 0.3) is 19.3 Å². The summed E-state index contributed by atoms with van der Waals surface area (Å²) in [7, 11) is -5.87. The van der Waals surface area contributed by atoms with E-state index in [1.165, 1.54) is 88.7 Å². The minimum absolute atomic E-state index is 0.0240. The number of carbonyl (C=O) groups excluding carboxylic acids is 3. The molecule has 0 aliphatic carbocycles. The number of nitrogens with one attached hydrogen (secondary N) is 1. The number of hydrogen-bond acceptors (Lipinski definition) is 14. The zero-order valence-corrected chi connectivity index (χ0v) is 63.7. The smallest absolute Gasteiger partial charge is 0.444 e. The first-order chi connectivity index (χ1) is 48.4. The standard InChI is InChI=1S/2C22H34N2O2.C17H30F2N2O2.C12H22F2N2.C3H3F5O3S/c2*1-22(2,3)26-21(25)24-13-11-18(12-14-24)9-10-20-16-23(17-20)15-19-7-5-4-6-8-19;1-17(2,3)23-16(22)21-8-6-13(7-9-21)4-5-14-10-20(11-14)12-15(18)19;13-12(14)9-16-7-11(8-16)2-1-10-3-5-15-6-4-10;4-2(5)1-11-12(9,10)3(6,7)8/h2*4-8,18,20H,9-17H2,1-3H3;13-15H,4-12H2,1-3H3;10-12,15H,1-9H2;2H,1H2. The quantitative estimate of drug-likeness (QED) is 0.0485. The third-order valence-electron chi connectivity index (χ3n) is 20.2. The number of halogens is 9. The Kier molecular flexibility index (Phi) is 35.7. The number of ether oxygens (including phenoxy) is 3. The van der Waals surface area contributed by atoms with E-state index in [4.69, 9.17) is 14.2 Å². The lowest BCUT2D eigenvalue weighted by atomic mass is 9.86. The molecule has 2 aromatic carbocycles. The van der Waals surface area contributed by atoms with Crippen LogP contribution in [0.25, 0.3) is 0 Å². The summed E-state index contributed by atoms with van der Waals surface area (Å²) in [5.41, 5.74) is -4.06. The van der Waals surface area contributed by atoms with Gasteiger partial charge in [0.15, 0.2) is 0 Å². The first-order valence-electron chi connectivity index (χ1n) is 37.8. The molecule has 3 amide bonds. The van der Waals surface area contributed by atoms with E-state index in [0.29, 0.717) is 17.8 Å². The van der Waals surface area contributed by atoms with Gasteiger partial charge in [0.05, 0.1) is 13.1 Å². The number of alkyl halides is 9. The lowest BCUT2D eigenvalue weighted by Gasteiger charge is -2.40. The summed E-state index contributed by atoms with van der Waals surface area (Å²) < 4.78 is 144. The molecule has 17 nitrogen and oxygen atoms in total. The number of carbonyl (C=O) groups is 3. The second kappa shape index (κ2) is 42.2. The molecule has 1 N–H and O–H groups in total. The van der Waals surface area contributed by atoms with Gasteiger partial charge < -0.3 is 34.2 Å². The molecular formula is C76H123F9N8O9S. The van der Waals surface area contributed by atoms with Crippen LogP contribution in [-0.2, 0) is 41.6 Å². The molecule has 0 aromatic heterocycles. The summed E-state index contributed by atoms with van der Waals surface area (Å²) in [5, 5.41) is 3.37. The maximum Gasteiger partial charge on any atom is 0.523 e. The predicted octanol–water partition coefficient (Wildman–Crippen LogP) is 15.8. The second-order valence-corrected chi connectivity index (χ2v) is 34.5. The fraction of sp³-hybridized carbons (Fsp3) is 0.803. The summed E-state index contributed by atoms with van der Waals surface area (Å²) in [4.78, 5) is 50.6. The van der Waals surface area contributed by atoms with Gasteiger partial charge >= 0.3 is 33.9 Å². The van der Waals surface area contributed by atoms with Crippen LogP contribution >= 0.6 is 0 Å². The van der Waals surface area contributed by atoms with E-state index >= 15 is 0 Å². The highest BCUT2D eigenvalue weighted by Gasteiger charge is 2.48. The number of amides is 3.